The summed E-state index contributed by atoms with van der Waals surface area (Å²) in [7, 11) is 0. The highest BCUT2D eigenvalue weighted by atomic mass is 16.6. The number of cyclic esters (lactones) is 1. The van der Waals surface area contributed by atoms with Gasteiger partial charge in [-0.1, -0.05) is 0 Å². The van der Waals surface area contributed by atoms with E-state index in [4.69, 9.17) is 9.47 Å². The first kappa shape index (κ1) is 19.0. The van der Waals surface area contributed by atoms with E-state index < -0.39 is 16.9 Å². The number of nitro groups is 1. The summed E-state index contributed by atoms with van der Waals surface area (Å²) < 4.78 is 10.4. The summed E-state index contributed by atoms with van der Waals surface area (Å²) in [4.78, 5) is 37.7. The molecule has 8 nitrogen and oxygen atoms in total. The number of carbonyl (C=O) groups is 2. The standard InChI is InChI=1S/C20H16N2O6/c1-11-8-14(9-12(2)18(11)27-13(3)23)10-17-20(24)28-19(21-17)15-4-6-16(7-5-15)22(25)26/h4-10H,1-3H3/b17-10+. The van der Waals surface area contributed by atoms with Gasteiger partial charge in [0.05, 0.1) is 4.92 Å². The zero-order valence-corrected chi connectivity index (χ0v) is 15.4. The molecule has 2 aromatic carbocycles. The summed E-state index contributed by atoms with van der Waals surface area (Å²) in [6.45, 7) is 4.93. The summed E-state index contributed by atoms with van der Waals surface area (Å²) in [5, 5.41) is 10.7. The topological polar surface area (TPSA) is 108 Å². The third-order valence-corrected chi connectivity index (χ3v) is 3.98. The van der Waals surface area contributed by atoms with Crippen LogP contribution in [-0.4, -0.2) is 22.8 Å². The van der Waals surface area contributed by atoms with E-state index >= 15 is 0 Å². The second-order valence-electron chi connectivity index (χ2n) is 6.22. The molecule has 3 rings (SSSR count). The van der Waals surface area contributed by atoms with E-state index in [1.807, 2.05) is 0 Å². The average molecular weight is 380 g/mol. The van der Waals surface area contributed by atoms with E-state index in [1.54, 1.807) is 32.1 Å². The molecule has 0 radical (unpaired) electrons. The van der Waals surface area contributed by atoms with Crippen LogP contribution in [0.1, 0.15) is 29.2 Å². The van der Waals surface area contributed by atoms with Crippen LogP contribution in [0.4, 0.5) is 5.69 Å². The number of hydrogen-bond acceptors (Lipinski definition) is 7. The number of nitrogens with zero attached hydrogens (tertiary/aromatic N) is 2. The minimum atomic E-state index is -0.618. The smallest absolute Gasteiger partial charge is 0.363 e. The fraction of sp³-hybridized carbons (Fsp3) is 0.150. The van der Waals surface area contributed by atoms with Crippen molar-refractivity contribution >= 4 is 29.6 Å². The lowest BCUT2D eigenvalue weighted by Crippen LogP contribution is -2.05. The molecule has 28 heavy (non-hydrogen) atoms. The van der Waals surface area contributed by atoms with Gasteiger partial charge < -0.3 is 9.47 Å². The summed E-state index contributed by atoms with van der Waals surface area (Å²) in [6.07, 6.45) is 1.57. The van der Waals surface area contributed by atoms with Gasteiger partial charge in [-0.2, -0.15) is 0 Å². The van der Waals surface area contributed by atoms with E-state index in [0.29, 0.717) is 16.9 Å². The molecule has 0 amide bonds. The van der Waals surface area contributed by atoms with E-state index in [9.17, 15) is 19.7 Å². The first-order valence-corrected chi connectivity index (χ1v) is 8.31. The number of carbonyl (C=O) groups excluding carboxylic acids is 2. The number of rotatable bonds is 4. The molecular weight excluding hydrogens is 364 g/mol. The van der Waals surface area contributed by atoms with Gasteiger partial charge in [0.2, 0.25) is 5.90 Å². The molecular formula is C20H16N2O6. The number of non-ortho nitro benzene ring substituents is 1. The van der Waals surface area contributed by atoms with Crippen LogP contribution in [0.3, 0.4) is 0 Å². The van der Waals surface area contributed by atoms with Gasteiger partial charge in [0, 0.05) is 24.6 Å². The van der Waals surface area contributed by atoms with Gasteiger partial charge in [0.25, 0.3) is 5.69 Å². The first-order valence-electron chi connectivity index (χ1n) is 8.31. The van der Waals surface area contributed by atoms with Gasteiger partial charge >= 0.3 is 11.9 Å². The van der Waals surface area contributed by atoms with Crippen molar-refractivity contribution in [2.75, 3.05) is 0 Å². The summed E-state index contributed by atoms with van der Waals surface area (Å²) in [6, 6.07) is 9.10. The van der Waals surface area contributed by atoms with Crippen molar-refractivity contribution < 1.29 is 24.0 Å². The van der Waals surface area contributed by atoms with Crippen molar-refractivity contribution in [1.29, 1.82) is 0 Å². The Labute approximate surface area is 160 Å². The van der Waals surface area contributed by atoms with Crippen molar-refractivity contribution in [3.8, 4) is 5.75 Å². The van der Waals surface area contributed by atoms with Crippen LogP contribution in [0.25, 0.3) is 6.08 Å². The molecule has 1 heterocycles. The van der Waals surface area contributed by atoms with Crippen molar-refractivity contribution in [2.24, 2.45) is 4.99 Å². The van der Waals surface area contributed by atoms with Gasteiger partial charge in [-0.15, -0.1) is 0 Å². The van der Waals surface area contributed by atoms with Gasteiger partial charge in [0.1, 0.15) is 5.75 Å². The van der Waals surface area contributed by atoms with Gasteiger partial charge in [0.15, 0.2) is 5.70 Å². The van der Waals surface area contributed by atoms with Gasteiger partial charge in [-0.25, -0.2) is 9.79 Å². The van der Waals surface area contributed by atoms with Crippen LogP contribution in [0.5, 0.6) is 5.75 Å². The lowest BCUT2D eigenvalue weighted by Gasteiger charge is -2.10. The molecule has 0 unspecified atom stereocenters. The normalized spacial score (nSPS) is 14.6. The molecule has 0 spiro atoms. The third kappa shape index (κ3) is 3.96. The summed E-state index contributed by atoms with van der Waals surface area (Å²) in [5.41, 5.74) is 2.68. The van der Waals surface area contributed by atoms with Crippen LogP contribution < -0.4 is 4.74 Å². The minimum Gasteiger partial charge on any atom is -0.426 e. The molecule has 0 saturated carbocycles. The van der Waals surface area contributed by atoms with Gasteiger partial charge in [-0.05, 0) is 60.9 Å². The zero-order chi connectivity index (χ0) is 20.4. The number of esters is 2. The number of ether oxygens (including phenoxy) is 2. The maximum atomic E-state index is 12.1. The van der Waals surface area contributed by atoms with Crippen LogP contribution >= 0.6 is 0 Å². The Kier molecular flexibility index (Phi) is 5.04. The highest BCUT2D eigenvalue weighted by Crippen LogP contribution is 2.27. The van der Waals surface area contributed by atoms with E-state index in [0.717, 1.165) is 11.1 Å². The van der Waals surface area contributed by atoms with Crippen molar-refractivity contribution in [3.63, 3.8) is 0 Å². The molecule has 0 fully saturated rings. The fourth-order valence-electron chi connectivity index (χ4n) is 2.79. The molecule has 0 aromatic heterocycles. The number of hydrogen-bond donors (Lipinski definition) is 0. The first-order chi connectivity index (χ1) is 13.2. The molecule has 0 bridgehead atoms. The predicted octanol–water partition coefficient (Wildman–Crippen LogP) is 3.48. The highest BCUT2D eigenvalue weighted by Gasteiger charge is 2.24. The van der Waals surface area contributed by atoms with E-state index in [2.05, 4.69) is 4.99 Å². The lowest BCUT2D eigenvalue weighted by molar-refractivity contribution is -0.384. The lowest BCUT2D eigenvalue weighted by atomic mass is 10.0. The Bertz CT molecular complexity index is 1030. The number of benzene rings is 2. The quantitative estimate of drug-likeness (QED) is 0.264. The van der Waals surface area contributed by atoms with Gasteiger partial charge in [-0.3, -0.25) is 14.9 Å². The third-order valence-electron chi connectivity index (χ3n) is 3.98. The SMILES string of the molecule is CC(=O)Oc1c(C)cc(/C=C2/N=C(c3ccc([N+](=O)[O-])cc3)OC2=O)cc1C. The Hall–Kier alpha value is -3.81. The maximum absolute atomic E-state index is 12.1. The molecule has 0 saturated heterocycles. The largest absolute Gasteiger partial charge is 0.426 e. The molecule has 1 aliphatic heterocycles. The van der Waals surface area contributed by atoms with Crippen molar-refractivity contribution in [1.82, 2.24) is 0 Å². The predicted molar refractivity (Wildman–Crippen MR) is 101 cm³/mol. The van der Waals surface area contributed by atoms with Crippen LogP contribution in [0, 0.1) is 24.0 Å². The Morgan fingerprint density at radius 1 is 1.18 bits per heavy atom. The van der Waals surface area contributed by atoms with Crippen molar-refractivity contribution in [3.05, 3.63) is 74.5 Å². The minimum absolute atomic E-state index is 0.0664. The Morgan fingerprint density at radius 2 is 1.79 bits per heavy atom. The average Bonchev–Trinajstić information content (AvgIpc) is 2.99. The van der Waals surface area contributed by atoms with Crippen LogP contribution in [0.15, 0.2) is 47.1 Å². The van der Waals surface area contributed by atoms with Crippen LogP contribution in [0.2, 0.25) is 0 Å². The maximum Gasteiger partial charge on any atom is 0.363 e. The van der Waals surface area contributed by atoms with Crippen molar-refractivity contribution in [2.45, 2.75) is 20.8 Å². The number of nitro benzene ring substituents is 1. The Balaban J connectivity index is 1.91. The zero-order valence-electron chi connectivity index (χ0n) is 15.4. The molecule has 0 atom stereocenters. The molecule has 142 valence electrons. The van der Waals surface area contributed by atoms with Crippen LogP contribution in [-0.2, 0) is 14.3 Å². The molecule has 0 aliphatic carbocycles. The molecule has 1 aliphatic rings. The highest BCUT2D eigenvalue weighted by molar-refractivity contribution is 6.12. The summed E-state index contributed by atoms with van der Waals surface area (Å²) in [5.74, 6) is -0.462. The van der Waals surface area contributed by atoms with E-state index in [1.165, 1.54) is 31.2 Å². The summed E-state index contributed by atoms with van der Waals surface area (Å²) >= 11 is 0. The number of aryl methyl sites for hydroxylation is 2. The molecule has 0 N–H and O–H groups in total. The van der Waals surface area contributed by atoms with E-state index in [-0.39, 0.29) is 17.3 Å². The molecule has 2 aromatic rings. The Morgan fingerprint density at radius 3 is 2.32 bits per heavy atom. The second kappa shape index (κ2) is 7.43. The monoisotopic (exact) mass is 380 g/mol. The fourth-order valence-corrected chi connectivity index (χ4v) is 2.79. The second-order valence-corrected chi connectivity index (χ2v) is 6.22. The number of aliphatic imine (C=N–C) groups is 1. The molecule has 8 heteroatoms.